The number of amides is 3. The number of ether oxygens (including phenoxy) is 1. The molecule has 3 amide bonds. The minimum absolute atomic E-state index is 0.0602. The predicted molar refractivity (Wildman–Crippen MR) is 136 cm³/mol. The van der Waals surface area contributed by atoms with Gasteiger partial charge in [0, 0.05) is 57.7 Å². The number of likely N-dealkylation sites (N-methyl/N-ethyl adjacent to an activating group) is 1. The van der Waals surface area contributed by atoms with Gasteiger partial charge >= 0.3 is 0 Å². The highest BCUT2D eigenvalue weighted by Crippen LogP contribution is 2.39. The molecule has 0 saturated carbocycles. The van der Waals surface area contributed by atoms with E-state index in [1.165, 1.54) is 23.1 Å². The Hall–Kier alpha value is -3.01. The number of rotatable bonds is 3. The van der Waals surface area contributed by atoms with E-state index >= 15 is 0 Å². The Bertz CT molecular complexity index is 1190. The van der Waals surface area contributed by atoms with E-state index in [2.05, 4.69) is 4.90 Å². The average Bonchev–Trinajstić information content (AvgIpc) is 3.27. The number of likely N-dealkylation sites (tertiary alicyclic amines) is 1. The summed E-state index contributed by atoms with van der Waals surface area (Å²) in [7, 11) is 2.01. The zero-order valence-electron chi connectivity index (χ0n) is 20.7. The maximum atomic E-state index is 14.0. The van der Waals surface area contributed by atoms with E-state index < -0.39 is 23.5 Å². The molecule has 3 aliphatic heterocycles. The third-order valence-electron chi connectivity index (χ3n) is 7.59. The van der Waals surface area contributed by atoms with E-state index in [-0.39, 0.29) is 24.0 Å². The van der Waals surface area contributed by atoms with E-state index in [4.69, 9.17) is 16.3 Å². The van der Waals surface area contributed by atoms with Gasteiger partial charge in [-0.2, -0.15) is 0 Å². The fourth-order valence-corrected chi connectivity index (χ4v) is 5.63. The van der Waals surface area contributed by atoms with Gasteiger partial charge in [0.1, 0.15) is 17.6 Å². The predicted octanol–water partition coefficient (Wildman–Crippen LogP) is 2.73. The number of nitrogens with zero attached hydrogens (tertiary/aromatic N) is 4. The number of halogens is 2. The topological polar surface area (TPSA) is 73.4 Å². The van der Waals surface area contributed by atoms with Gasteiger partial charge in [-0.1, -0.05) is 29.8 Å². The highest BCUT2D eigenvalue weighted by molar-refractivity contribution is 6.33. The minimum atomic E-state index is -1.06. The lowest BCUT2D eigenvalue weighted by Gasteiger charge is -2.45. The Kier molecular flexibility index (Phi) is 7.20. The molecule has 10 heteroatoms. The highest BCUT2D eigenvalue weighted by Gasteiger charge is 2.55. The second-order valence-corrected chi connectivity index (χ2v) is 10.3. The summed E-state index contributed by atoms with van der Waals surface area (Å²) in [5.74, 6) is -1.33. The zero-order valence-corrected chi connectivity index (χ0v) is 21.5. The largest absolute Gasteiger partial charge is 0.353 e. The van der Waals surface area contributed by atoms with Crippen molar-refractivity contribution in [1.82, 2.24) is 19.6 Å². The van der Waals surface area contributed by atoms with Crippen molar-refractivity contribution in [1.29, 1.82) is 0 Å². The lowest BCUT2D eigenvalue weighted by atomic mass is 9.96. The number of hydrogen-bond acceptors (Lipinski definition) is 5. The molecule has 2 aromatic carbocycles. The summed E-state index contributed by atoms with van der Waals surface area (Å²) < 4.78 is 20.3. The van der Waals surface area contributed by atoms with E-state index in [0.717, 1.165) is 13.1 Å². The number of carbonyl (C=O) groups is 3. The Labute approximate surface area is 220 Å². The third kappa shape index (κ3) is 4.95. The summed E-state index contributed by atoms with van der Waals surface area (Å²) in [5.41, 5.74) is -0.480. The van der Waals surface area contributed by atoms with Gasteiger partial charge in [-0.05, 0) is 37.4 Å². The van der Waals surface area contributed by atoms with Gasteiger partial charge in [-0.25, -0.2) is 4.39 Å². The number of piperidine rings is 1. The summed E-state index contributed by atoms with van der Waals surface area (Å²) in [4.78, 5) is 47.7. The Morgan fingerprint density at radius 2 is 1.62 bits per heavy atom. The van der Waals surface area contributed by atoms with Gasteiger partial charge in [0.15, 0.2) is 0 Å². The lowest BCUT2D eigenvalue weighted by Crippen LogP contribution is -2.61. The molecule has 0 aromatic heterocycles. The summed E-state index contributed by atoms with van der Waals surface area (Å²) in [5, 5.41) is 0.380. The summed E-state index contributed by atoms with van der Waals surface area (Å²) in [6.45, 7) is 3.36. The molecule has 3 heterocycles. The van der Waals surface area contributed by atoms with Gasteiger partial charge in [0.05, 0.1) is 17.2 Å². The molecule has 2 aromatic rings. The Morgan fingerprint density at radius 3 is 2.30 bits per heavy atom. The van der Waals surface area contributed by atoms with Crippen molar-refractivity contribution in [2.24, 2.45) is 0 Å². The molecule has 5 rings (SSSR count). The van der Waals surface area contributed by atoms with Crippen molar-refractivity contribution in [2.45, 2.75) is 24.6 Å². The second-order valence-electron chi connectivity index (χ2n) is 9.86. The van der Waals surface area contributed by atoms with Gasteiger partial charge in [0.25, 0.3) is 11.8 Å². The zero-order chi connectivity index (χ0) is 26.2. The van der Waals surface area contributed by atoms with Crippen LogP contribution in [0.1, 0.15) is 33.6 Å². The molecule has 3 aliphatic rings. The molecule has 0 N–H and O–H groups in total. The average molecular weight is 529 g/mol. The smallest absolute Gasteiger partial charge is 0.256 e. The van der Waals surface area contributed by atoms with Crippen LogP contribution in [-0.2, 0) is 9.53 Å². The van der Waals surface area contributed by atoms with Crippen LogP contribution in [-0.4, -0.2) is 102 Å². The van der Waals surface area contributed by atoms with Crippen LogP contribution in [0.4, 0.5) is 4.39 Å². The third-order valence-corrected chi connectivity index (χ3v) is 7.92. The first-order valence-corrected chi connectivity index (χ1v) is 12.9. The van der Waals surface area contributed by atoms with E-state index in [9.17, 15) is 18.8 Å². The first-order valence-electron chi connectivity index (χ1n) is 12.5. The maximum absolute atomic E-state index is 14.0. The van der Waals surface area contributed by atoms with Gasteiger partial charge in [-0.15, -0.1) is 0 Å². The molecule has 1 atom stereocenters. The molecule has 0 bridgehead atoms. The number of carbonyl (C=O) groups excluding carboxylic acids is 3. The highest BCUT2D eigenvalue weighted by atomic mass is 35.5. The molecular weight excluding hydrogens is 499 g/mol. The molecule has 196 valence electrons. The molecule has 1 unspecified atom stereocenters. The number of benzene rings is 2. The molecule has 8 nitrogen and oxygen atoms in total. The van der Waals surface area contributed by atoms with Crippen LogP contribution in [0.25, 0.3) is 0 Å². The van der Waals surface area contributed by atoms with E-state index in [1.807, 2.05) is 7.05 Å². The van der Waals surface area contributed by atoms with Crippen LogP contribution in [0.2, 0.25) is 5.02 Å². The van der Waals surface area contributed by atoms with Gasteiger partial charge < -0.3 is 19.4 Å². The molecule has 0 radical (unpaired) electrons. The fourth-order valence-electron chi connectivity index (χ4n) is 5.42. The SMILES string of the molecule is CN1CCN(C(=O)C2COC3(CCN(C(=O)c4ccccc4Cl)CC3)N2C(=O)c2cccc(F)c2)CC1. The van der Waals surface area contributed by atoms with Gasteiger partial charge in [-0.3, -0.25) is 19.3 Å². The maximum Gasteiger partial charge on any atom is 0.256 e. The first kappa shape index (κ1) is 25.6. The van der Waals surface area contributed by atoms with Crippen molar-refractivity contribution < 1.29 is 23.5 Å². The molecule has 1 spiro atoms. The standard InChI is InChI=1S/C27H30ClFN4O4/c1-30-13-15-32(16-14-30)26(36)23-18-37-27(33(23)24(34)19-5-4-6-20(29)17-19)9-11-31(12-10-27)25(35)21-7-2-3-8-22(21)28/h2-8,17,23H,9-16,18H2,1H3. The van der Waals surface area contributed by atoms with Crippen LogP contribution >= 0.6 is 11.6 Å². The van der Waals surface area contributed by atoms with Crippen LogP contribution < -0.4 is 0 Å². The van der Waals surface area contributed by atoms with Crippen LogP contribution in [0.3, 0.4) is 0 Å². The Balaban J connectivity index is 1.40. The molecular formula is C27H30ClFN4O4. The van der Waals surface area contributed by atoms with E-state index in [0.29, 0.717) is 49.6 Å². The fraction of sp³-hybridized carbons (Fsp3) is 0.444. The summed E-state index contributed by atoms with van der Waals surface area (Å²) in [6, 6.07) is 11.6. The van der Waals surface area contributed by atoms with Crippen molar-refractivity contribution in [3.8, 4) is 0 Å². The molecule has 0 aliphatic carbocycles. The molecule has 3 fully saturated rings. The van der Waals surface area contributed by atoms with Crippen molar-refractivity contribution in [3.05, 3.63) is 70.5 Å². The minimum Gasteiger partial charge on any atom is -0.353 e. The number of hydrogen-bond donors (Lipinski definition) is 0. The van der Waals surface area contributed by atoms with Crippen molar-refractivity contribution in [3.63, 3.8) is 0 Å². The van der Waals surface area contributed by atoms with Crippen molar-refractivity contribution in [2.75, 3.05) is 52.9 Å². The first-order chi connectivity index (χ1) is 17.8. The van der Waals surface area contributed by atoms with E-state index in [1.54, 1.807) is 40.1 Å². The van der Waals surface area contributed by atoms with Crippen molar-refractivity contribution >= 4 is 29.3 Å². The lowest BCUT2D eigenvalue weighted by molar-refractivity contribution is -0.139. The summed E-state index contributed by atoms with van der Waals surface area (Å²) >= 11 is 6.24. The second kappa shape index (κ2) is 10.4. The normalized spacial score (nSPS) is 21.9. The van der Waals surface area contributed by atoms with Crippen LogP contribution in [0.5, 0.6) is 0 Å². The molecule has 3 saturated heterocycles. The summed E-state index contributed by atoms with van der Waals surface area (Å²) in [6.07, 6.45) is 0.660. The van der Waals surface area contributed by atoms with Crippen LogP contribution in [0.15, 0.2) is 48.5 Å². The molecule has 37 heavy (non-hydrogen) atoms. The Morgan fingerprint density at radius 1 is 0.919 bits per heavy atom. The monoisotopic (exact) mass is 528 g/mol. The number of piperazine rings is 1. The van der Waals surface area contributed by atoms with Gasteiger partial charge in [0.2, 0.25) is 5.91 Å². The quantitative estimate of drug-likeness (QED) is 0.612. The van der Waals surface area contributed by atoms with Crippen LogP contribution in [0, 0.1) is 5.82 Å².